The zero-order chi connectivity index (χ0) is 16.0. The molecule has 0 fully saturated rings. The molecule has 0 aromatic carbocycles. The van der Waals surface area contributed by atoms with Crippen molar-refractivity contribution >= 4 is 5.82 Å². The first kappa shape index (κ1) is 15.6. The topological polar surface area (TPSA) is 61.7 Å². The number of hydrogen-bond donors (Lipinski definition) is 1. The van der Waals surface area contributed by atoms with E-state index in [0.717, 1.165) is 23.8 Å². The number of anilines is 1. The molecule has 0 aliphatic carbocycles. The monoisotopic (exact) mass is 289 g/mol. The molecule has 0 spiro atoms. The molecule has 116 valence electrons. The molecular formula is C16H27N5. The van der Waals surface area contributed by atoms with Crippen molar-refractivity contribution in [3.05, 3.63) is 18.3 Å². The van der Waals surface area contributed by atoms with Crippen LogP contribution in [0.15, 0.2) is 12.5 Å². The Kier molecular flexibility index (Phi) is 3.64. The molecular weight excluding hydrogens is 262 g/mol. The van der Waals surface area contributed by atoms with Crippen LogP contribution in [-0.4, -0.2) is 19.1 Å². The zero-order valence-corrected chi connectivity index (χ0v) is 14.2. The van der Waals surface area contributed by atoms with Gasteiger partial charge in [-0.3, -0.25) is 0 Å². The highest BCUT2D eigenvalue weighted by atomic mass is 15.2. The Morgan fingerprint density at radius 3 is 2.19 bits per heavy atom. The minimum atomic E-state index is -0.116. The average Bonchev–Trinajstić information content (AvgIpc) is 2.89. The van der Waals surface area contributed by atoms with Gasteiger partial charge in [-0.25, -0.2) is 9.97 Å². The number of hydrogen-bond acceptors (Lipinski definition) is 3. The van der Waals surface area contributed by atoms with E-state index in [-0.39, 0.29) is 11.0 Å². The minimum Gasteiger partial charge on any atom is -0.383 e. The first-order chi connectivity index (χ1) is 9.57. The maximum Gasteiger partial charge on any atom is 0.133 e. The number of nitrogens with zero attached hydrogens (tertiary/aromatic N) is 4. The maximum absolute atomic E-state index is 6.46. The molecule has 0 aliphatic rings. The maximum atomic E-state index is 6.46. The van der Waals surface area contributed by atoms with Gasteiger partial charge >= 0.3 is 0 Å². The van der Waals surface area contributed by atoms with Crippen LogP contribution >= 0.6 is 0 Å². The second-order valence-electron chi connectivity index (χ2n) is 7.49. The summed E-state index contributed by atoms with van der Waals surface area (Å²) in [5, 5.41) is 0. The van der Waals surface area contributed by atoms with Gasteiger partial charge in [0.2, 0.25) is 0 Å². The van der Waals surface area contributed by atoms with Crippen LogP contribution in [-0.2, 0) is 17.5 Å². The normalized spacial score (nSPS) is 12.9. The van der Waals surface area contributed by atoms with Gasteiger partial charge in [-0.05, 0) is 27.7 Å². The van der Waals surface area contributed by atoms with Gasteiger partial charge in [-0.1, -0.05) is 20.8 Å². The summed E-state index contributed by atoms with van der Waals surface area (Å²) in [7, 11) is 0. The number of nitrogens with two attached hydrogens (primary N) is 1. The molecule has 0 saturated carbocycles. The molecule has 5 heteroatoms. The number of aryl methyl sites for hydroxylation is 1. The van der Waals surface area contributed by atoms with E-state index in [2.05, 4.69) is 62.6 Å². The molecule has 2 N–H and O–H groups in total. The first-order valence-corrected chi connectivity index (χ1v) is 7.47. The summed E-state index contributed by atoms with van der Waals surface area (Å²) in [6.45, 7) is 15.9. The van der Waals surface area contributed by atoms with Crippen molar-refractivity contribution in [2.45, 2.75) is 66.0 Å². The lowest BCUT2D eigenvalue weighted by Crippen LogP contribution is -2.30. The average molecular weight is 289 g/mol. The summed E-state index contributed by atoms with van der Waals surface area (Å²) >= 11 is 0. The van der Waals surface area contributed by atoms with Gasteiger partial charge in [0, 0.05) is 17.5 Å². The standard InChI is InChI=1S/C16H27N5/c1-8-20-10-18-9-11(20)12-13(17)21(16(5,6)7)14(19-12)15(2,3)4/h9-10H,8,17H2,1-7H3. The van der Waals surface area contributed by atoms with Crippen LogP contribution in [0.5, 0.6) is 0 Å². The lowest BCUT2D eigenvalue weighted by molar-refractivity contribution is 0.359. The Labute approximate surface area is 127 Å². The second-order valence-corrected chi connectivity index (χ2v) is 7.49. The van der Waals surface area contributed by atoms with Crippen LogP contribution < -0.4 is 5.73 Å². The number of rotatable bonds is 2. The van der Waals surface area contributed by atoms with Gasteiger partial charge in [0.25, 0.3) is 0 Å². The van der Waals surface area contributed by atoms with Gasteiger partial charge in [0.1, 0.15) is 17.3 Å². The van der Waals surface area contributed by atoms with Crippen molar-refractivity contribution in [3.63, 3.8) is 0 Å². The van der Waals surface area contributed by atoms with E-state index in [9.17, 15) is 0 Å². The summed E-state index contributed by atoms with van der Waals surface area (Å²) in [4.78, 5) is 9.11. The van der Waals surface area contributed by atoms with Crippen molar-refractivity contribution in [1.82, 2.24) is 19.1 Å². The van der Waals surface area contributed by atoms with Gasteiger partial charge in [-0.15, -0.1) is 0 Å². The van der Waals surface area contributed by atoms with Crippen molar-refractivity contribution in [1.29, 1.82) is 0 Å². The summed E-state index contributed by atoms with van der Waals surface area (Å²) in [5.74, 6) is 1.72. The van der Waals surface area contributed by atoms with Gasteiger partial charge < -0.3 is 14.9 Å². The van der Waals surface area contributed by atoms with E-state index in [4.69, 9.17) is 10.7 Å². The molecule has 0 atom stereocenters. The number of aromatic nitrogens is 4. The molecule has 2 heterocycles. The van der Waals surface area contributed by atoms with E-state index < -0.39 is 0 Å². The first-order valence-electron chi connectivity index (χ1n) is 7.47. The molecule has 0 bridgehead atoms. The second kappa shape index (κ2) is 4.90. The van der Waals surface area contributed by atoms with Crippen molar-refractivity contribution < 1.29 is 0 Å². The molecule has 21 heavy (non-hydrogen) atoms. The molecule has 2 aromatic heterocycles. The summed E-state index contributed by atoms with van der Waals surface area (Å²) < 4.78 is 4.22. The molecule has 2 aromatic rings. The smallest absolute Gasteiger partial charge is 0.133 e. The van der Waals surface area contributed by atoms with Crippen molar-refractivity contribution in [2.75, 3.05) is 5.73 Å². The zero-order valence-electron chi connectivity index (χ0n) is 14.2. The Bertz CT molecular complexity index is 635. The van der Waals surface area contributed by atoms with E-state index in [1.54, 1.807) is 0 Å². The van der Waals surface area contributed by atoms with Gasteiger partial charge in [0.05, 0.1) is 18.2 Å². The lowest BCUT2D eigenvalue weighted by Gasteiger charge is -2.29. The molecule has 0 saturated heterocycles. The highest BCUT2D eigenvalue weighted by molar-refractivity contribution is 5.68. The van der Waals surface area contributed by atoms with Crippen molar-refractivity contribution in [2.24, 2.45) is 0 Å². The van der Waals surface area contributed by atoms with E-state index in [0.29, 0.717) is 5.82 Å². The summed E-state index contributed by atoms with van der Waals surface area (Å²) in [6.07, 6.45) is 3.66. The van der Waals surface area contributed by atoms with E-state index in [1.807, 2.05) is 12.5 Å². The SMILES string of the molecule is CCn1cncc1-c1nc(C(C)(C)C)n(C(C)(C)C)c1N. The Balaban J connectivity index is 2.74. The van der Waals surface area contributed by atoms with Gasteiger partial charge in [0.15, 0.2) is 0 Å². The number of nitrogen functional groups attached to an aromatic ring is 1. The third kappa shape index (κ3) is 2.69. The molecule has 2 rings (SSSR count). The Morgan fingerprint density at radius 2 is 1.76 bits per heavy atom. The molecule has 0 radical (unpaired) electrons. The molecule has 5 nitrogen and oxygen atoms in total. The number of imidazole rings is 2. The van der Waals surface area contributed by atoms with Crippen molar-refractivity contribution in [3.8, 4) is 11.4 Å². The molecule has 0 unspecified atom stereocenters. The fourth-order valence-electron chi connectivity index (χ4n) is 2.57. The molecule has 0 aliphatic heterocycles. The quantitative estimate of drug-likeness (QED) is 0.921. The fourth-order valence-corrected chi connectivity index (χ4v) is 2.57. The fraction of sp³-hybridized carbons (Fsp3) is 0.625. The van der Waals surface area contributed by atoms with Crippen LogP contribution in [0.3, 0.4) is 0 Å². The van der Waals surface area contributed by atoms with E-state index in [1.165, 1.54) is 0 Å². The van der Waals surface area contributed by atoms with Crippen LogP contribution in [0.2, 0.25) is 0 Å². The van der Waals surface area contributed by atoms with Crippen LogP contribution in [0.1, 0.15) is 54.3 Å². The predicted molar refractivity (Wildman–Crippen MR) is 87.2 cm³/mol. The van der Waals surface area contributed by atoms with E-state index >= 15 is 0 Å². The summed E-state index contributed by atoms with van der Waals surface area (Å²) in [6, 6.07) is 0. The Hall–Kier alpha value is -1.78. The Morgan fingerprint density at radius 1 is 1.14 bits per heavy atom. The third-order valence-corrected chi connectivity index (χ3v) is 3.55. The minimum absolute atomic E-state index is 0.0727. The summed E-state index contributed by atoms with van der Waals surface area (Å²) in [5.41, 5.74) is 8.08. The molecule has 0 amide bonds. The van der Waals surface area contributed by atoms with Crippen LogP contribution in [0.25, 0.3) is 11.4 Å². The van der Waals surface area contributed by atoms with Crippen LogP contribution in [0, 0.1) is 0 Å². The predicted octanol–water partition coefficient (Wildman–Crippen LogP) is 3.40. The van der Waals surface area contributed by atoms with Gasteiger partial charge in [-0.2, -0.15) is 0 Å². The van der Waals surface area contributed by atoms with Crippen LogP contribution in [0.4, 0.5) is 5.82 Å². The highest BCUT2D eigenvalue weighted by Crippen LogP contribution is 2.36. The lowest BCUT2D eigenvalue weighted by atomic mass is 9.94. The third-order valence-electron chi connectivity index (χ3n) is 3.55. The largest absolute Gasteiger partial charge is 0.383 e. The highest BCUT2D eigenvalue weighted by Gasteiger charge is 2.31.